The zero-order chi connectivity index (χ0) is 14.0. The zero-order valence-corrected chi connectivity index (χ0v) is 10.5. The number of hydrogen-bond donors (Lipinski definition) is 1. The first-order valence-electron chi connectivity index (χ1n) is 5.49. The number of carbonyl (C=O) groups is 1. The maximum Gasteiger partial charge on any atom is 0.167 e. The van der Waals surface area contributed by atoms with Gasteiger partial charge in [-0.3, -0.25) is 4.79 Å². The molecule has 0 saturated carbocycles. The van der Waals surface area contributed by atoms with Gasteiger partial charge < -0.3 is 5.73 Å². The lowest BCUT2D eigenvalue weighted by atomic mass is 10.0. The van der Waals surface area contributed by atoms with Crippen molar-refractivity contribution in [3.05, 3.63) is 64.2 Å². The molecule has 0 aliphatic rings. The van der Waals surface area contributed by atoms with Gasteiger partial charge in [0.1, 0.15) is 0 Å². The van der Waals surface area contributed by atoms with E-state index < -0.39 is 11.6 Å². The summed E-state index contributed by atoms with van der Waals surface area (Å²) in [6.45, 7) is 0. The Morgan fingerprint density at radius 1 is 1.11 bits per heavy atom. The number of carbonyl (C=O) groups excluding carboxylic acids is 1. The Morgan fingerprint density at radius 3 is 2.47 bits per heavy atom. The van der Waals surface area contributed by atoms with E-state index in [1.165, 1.54) is 18.2 Å². The molecule has 19 heavy (non-hydrogen) atoms. The van der Waals surface area contributed by atoms with Gasteiger partial charge in [-0.25, -0.2) is 8.78 Å². The Kier molecular flexibility index (Phi) is 3.81. The number of anilines is 1. The number of halogens is 3. The van der Waals surface area contributed by atoms with Gasteiger partial charge in [-0.2, -0.15) is 0 Å². The van der Waals surface area contributed by atoms with Crippen molar-refractivity contribution in [2.24, 2.45) is 0 Å². The van der Waals surface area contributed by atoms with Gasteiger partial charge in [-0.1, -0.05) is 17.7 Å². The number of nitrogen functional groups attached to an aromatic ring is 1. The number of hydrogen-bond acceptors (Lipinski definition) is 2. The van der Waals surface area contributed by atoms with E-state index in [9.17, 15) is 13.6 Å². The third-order valence-corrected chi connectivity index (χ3v) is 3.00. The summed E-state index contributed by atoms with van der Waals surface area (Å²) in [5.41, 5.74) is 6.70. The molecule has 0 radical (unpaired) electrons. The van der Waals surface area contributed by atoms with Gasteiger partial charge in [0.15, 0.2) is 17.4 Å². The highest BCUT2D eigenvalue weighted by molar-refractivity contribution is 6.33. The summed E-state index contributed by atoms with van der Waals surface area (Å²) in [5, 5.41) is 0.288. The average Bonchev–Trinajstić information content (AvgIpc) is 2.37. The molecule has 0 atom stereocenters. The van der Waals surface area contributed by atoms with Crippen molar-refractivity contribution in [1.29, 1.82) is 0 Å². The Morgan fingerprint density at radius 2 is 1.84 bits per heavy atom. The molecule has 98 valence electrons. The summed E-state index contributed by atoms with van der Waals surface area (Å²) in [6.07, 6.45) is -0.0303. The third-order valence-electron chi connectivity index (χ3n) is 2.67. The molecule has 0 aliphatic carbocycles. The summed E-state index contributed by atoms with van der Waals surface area (Å²) in [4.78, 5) is 12.0. The van der Waals surface area contributed by atoms with Crippen LogP contribution in [0, 0.1) is 11.6 Å². The second-order valence-electron chi connectivity index (χ2n) is 4.08. The van der Waals surface area contributed by atoms with Gasteiger partial charge >= 0.3 is 0 Å². The van der Waals surface area contributed by atoms with E-state index in [2.05, 4.69) is 0 Å². The summed E-state index contributed by atoms with van der Waals surface area (Å²) in [7, 11) is 0. The molecule has 0 saturated heterocycles. The fourth-order valence-corrected chi connectivity index (χ4v) is 1.82. The van der Waals surface area contributed by atoms with Crippen molar-refractivity contribution in [2.75, 3.05) is 5.73 Å². The molecule has 0 fully saturated rings. The Labute approximate surface area is 113 Å². The highest BCUT2D eigenvalue weighted by atomic mass is 35.5. The molecule has 0 amide bonds. The third kappa shape index (κ3) is 3.09. The fraction of sp³-hybridized carbons (Fsp3) is 0.0714. The number of Topliss-reactive ketones (excluding diaryl/α,β-unsaturated/α-hetero) is 1. The first kappa shape index (κ1) is 13.5. The topological polar surface area (TPSA) is 43.1 Å². The smallest absolute Gasteiger partial charge is 0.167 e. The molecule has 0 aromatic heterocycles. The van der Waals surface area contributed by atoms with E-state index in [0.29, 0.717) is 16.8 Å². The average molecular weight is 282 g/mol. The highest BCUT2D eigenvalue weighted by Gasteiger charge is 2.10. The number of benzene rings is 2. The Hall–Kier alpha value is -1.94. The molecule has 2 aromatic rings. The second kappa shape index (κ2) is 5.36. The first-order valence-corrected chi connectivity index (χ1v) is 5.87. The number of nitrogens with two attached hydrogens (primary N) is 1. The van der Waals surface area contributed by atoms with Crippen LogP contribution < -0.4 is 5.73 Å². The quantitative estimate of drug-likeness (QED) is 0.690. The SMILES string of the molecule is Nc1ccc(C(=O)Cc2ccc(F)c(F)c2)cc1Cl. The van der Waals surface area contributed by atoms with Gasteiger partial charge in [0.2, 0.25) is 0 Å². The number of rotatable bonds is 3. The van der Waals surface area contributed by atoms with Crippen LogP contribution in [-0.4, -0.2) is 5.78 Å². The van der Waals surface area contributed by atoms with Gasteiger partial charge in [0, 0.05) is 12.0 Å². The van der Waals surface area contributed by atoms with Crippen LogP contribution in [0.4, 0.5) is 14.5 Å². The van der Waals surface area contributed by atoms with Crippen molar-refractivity contribution in [3.63, 3.8) is 0 Å². The monoisotopic (exact) mass is 281 g/mol. The molecule has 2 rings (SSSR count). The van der Waals surface area contributed by atoms with Gasteiger partial charge in [-0.15, -0.1) is 0 Å². The summed E-state index contributed by atoms with van der Waals surface area (Å²) >= 11 is 5.82. The van der Waals surface area contributed by atoms with E-state index in [1.54, 1.807) is 6.07 Å². The molecular weight excluding hydrogens is 272 g/mol. The van der Waals surface area contributed by atoms with Crippen LogP contribution in [0.3, 0.4) is 0 Å². The first-order chi connectivity index (χ1) is 8.97. The lowest BCUT2D eigenvalue weighted by Crippen LogP contribution is -2.04. The van der Waals surface area contributed by atoms with Crippen molar-refractivity contribution in [1.82, 2.24) is 0 Å². The van der Waals surface area contributed by atoms with Crippen LogP contribution in [0.5, 0.6) is 0 Å². The predicted octanol–water partition coefficient (Wildman–Crippen LogP) is 3.63. The lowest BCUT2D eigenvalue weighted by Gasteiger charge is -2.04. The van der Waals surface area contributed by atoms with Gasteiger partial charge in [0.25, 0.3) is 0 Å². The molecule has 5 heteroatoms. The minimum atomic E-state index is -0.972. The van der Waals surface area contributed by atoms with Crippen molar-refractivity contribution >= 4 is 23.1 Å². The standard InChI is InChI=1S/C14H10ClF2NO/c15-10-7-9(2-4-13(10)18)14(19)6-8-1-3-11(16)12(17)5-8/h1-5,7H,6,18H2. The molecule has 0 bridgehead atoms. The van der Waals surface area contributed by atoms with Crippen molar-refractivity contribution in [3.8, 4) is 0 Å². The van der Waals surface area contributed by atoms with Gasteiger partial charge in [0.05, 0.1) is 10.7 Å². The van der Waals surface area contributed by atoms with E-state index in [1.807, 2.05) is 0 Å². The van der Waals surface area contributed by atoms with E-state index in [4.69, 9.17) is 17.3 Å². The van der Waals surface area contributed by atoms with Crippen LogP contribution in [0.2, 0.25) is 5.02 Å². The maximum atomic E-state index is 13.0. The molecule has 0 spiro atoms. The fourth-order valence-electron chi connectivity index (χ4n) is 1.64. The summed E-state index contributed by atoms with van der Waals surface area (Å²) in [6, 6.07) is 7.90. The molecule has 0 heterocycles. The maximum absolute atomic E-state index is 13.0. The Balaban J connectivity index is 2.20. The van der Waals surface area contributed by atoms with Crippen LogP contribution in [0.25, 0.3) is 0 Å². The summed E-state index contributed by atoms with van der Waals surface area (Å²) < 4.78 is 25.8. The minimum Gasteiger partial charge on any atom is -0.398 e. The number of ketones is 1. The summed E-state index contributed by atoms with van der Waals surface area (Å²) in [5.74, 6) is -2.15. The van der Waals surface area contributed by atoms with Crippen LogP contribution in [0.1, 0.15) is 15.9 Å². The van der Waals surface area contributed by atoms with E-state index in [0.717, 1.165) is 12.1 Å². The van der Waals surface area contributed by atoms with Crippen molar-refractivity contribution in [2.45, 2.75) is 6.42 Å². The largest absolute Gasteiger partial charge is 0.398 e. The molecule has 2 aromatic carbocycles. The second-order valence-corrected chi connectivity index (χ2v) is 4.49. The van der Waals surface area contributed by atoms with Gasteiger partial charge in [-0.05, 0) is 35.9 Å². The van der Waals surface area contributed by atoms with Crippen molar-refractivity contribution < 1.29 is 13.6 Å². The molecule has 2 nitrogen and oxygen atoms in total. The van der Waals surface area contributed by atoms with E-state index >= 15 is 0 Å². The zero-order valence-electron chi connectivity index (χ0n) is 9.79. The van der Waals surface area contributed by atoms with Crippen LogP contribution in [0.15, 0.2) is 36.4 Å². The Bertz CT molecular complexity index is 643. The predicted molar refractivity (Wildman–Crippen MR) is 70.3 cm³/mol. The highest BCUT2D eigenvalue weighted by Crippen LogP contribution is 2.21. The molecular formula is C14H10ClF2NO. The van der Waals surface area contributed by atoms with Crippen LogP contribution in [-0.2, 0) is 6.42 Å². The van der Waals surface area contributed by atoms with Crippen LogP contribution >= 0.6 is 11.6 Å². The molecule has 0 aliphatic heterocycles. The van der Waals surface area contributed by atoms with E-state index in [-0.39, 0.29) is 17.2 Å². The molecule has 2 N–H and O–H groups in total. The normalized spacial score (nSPS) is 10.5. The lowest BCUT2D eigenvalue weighted by molar-refractivity contribution is 0.0993. The minimum absolute atomic E-state index is 0.0303. The molecule has 0 unspecified atom stereocenters.